The fourth-order valence-corrected chi connectivity index (χ4v) is 4.66. The molecule has 2 unspecified atom stereocenters. The first kappa shape index (κ1) is 19.0. The number of aromatic nitrogens is 6. The summed E-state index contributed by atoms with van der Waals surface area (Å²) in [5.74, 6) is 1.88. The zero-order valence-electron chi connectivity index (χ0n) is 17.0. The van der Waals surface area contributed by atoms with Crippen LogP contribution in [-0.4, -0.2) is 29.2 Å². The van der Waals surface area contributed by atoms with Crippen LogP contribution in [0.2, 0.25) is 0 Å². The predicted molar refractivity (Wildman–Crippen MR) is 110 cm³/mol. The van der Waals surface area contributed by atoms with E-state index in [1.54, 1.807) is 30.1 Å². The van der Waals surface area contributed by atoms with Gasteiger partial charge in [0.05, 0.1) is 6.33 Å². The molecule has 0 spiro atoms. The predicted octanol–water partition coefficient (Wildman–Crippen LogP) is 3.32. The lowest BCUT2D eigenvalue weighted by atomic mass is 9.99. The van der Waals surface area contributed by atoms with Gasteiger partial charge in [-0.3, -0.25) is 9.36 Å². The van der Waals surface area contributed by atoms with E-state index in [4.69, 9.17) is 4.52 Å². The van der Waals surface area contributed by atoms with E-state index in [1.165, 1.54) is 28.6 Å². The Balaban J connectivity index is 1.17. The normalized spacial score (nSPS) is 21.9. The first-order valence-electron chi connectivity index (χ1n) is 10.3. The molecule has 32 heavy (non-hydrogen) atoms. The number of hydrogen-bond acceptors (Lipinski definition) is 6. The molecule has 3 heterocycles. The van der Waals surface area contributed by atoms with Crippen molar-refractivity contribution in [1.82, 2.24) is 29.2 Å². The maximum Gasteiger partial charge on any atom is 0.280 e. The summed E-state index contributed by atoms with van der Waals surface area (Å²) in [4.78, 5) is 25.5. The lowest BCUT2D eigenvalue weighted by Gasteiger charge is -2.07. The number of imidazole rings is 1. The second-order valence-electron chi connectivity index (χ2n) is 8.34. The van der Waals surface area contributed by atoms with Gasteiger partial charge in [0.15, 0.2) is 17.0 Å². The zero-order chi connectivity index (χ0) is 22.0. The van der Waals surface area contributed by atoms with Gasteiger partial charge in [-0.1, -0.05) is 35.5 Å². The van der Waals surface area contributed by atoms with E-state index < -0.39 is 6.43 Å². The molecule has 0 N–H and O–H groups in total. The Labute approximate surface area is 180 Å². The third kappa shape index (κ3) is 2.97. The molecule has 4 aromatic rings. The maximum absolute atomic E-state index is 12.8. The number of halogens is 2. The van der Waals surface area contributed by atoms with E-state index in [0.717, 1.165) is 12.0 Å². The van der Waals surface area contributed by atoms with E-state index in [2.05, 4.69) is 26.2 Å². The third-order valence-corrected chi connectivity index (χ3v) is 6.40. The van der Waals surface area contributed by atoms with E-state index in [-0.39, 0.29) is 23.6 Å². The molecule has 3 aromatic heterocycles. The van der Waals surface area contributed by atoms with Crippen LogP contribution in [0.3, 0.4) is 0 Å². The lowest BCUT2D eigenvalue weighted by Crippen LogP contribution is -2.22. The minimum absolute atomic E-state index is 0.0339. The van der Waals surface area contributed by atoms with Crippen LogP contribution in [0.4, 0.5) is 8.78 Å². The molecule has 0 radical (unpaired) electrons. The first-order chi connectivity index (χ1) is 15.5. The van der Waals surface area contributed by atoms with E-state index >= 15 is 0 Å². The van der Waals surface area contributed by atoms with Crippen LogP contribution in [-0.2, 0) is 13.6 Å². The molecule has 0 saturated heterocycles. The Morgan fingerprint density at radius 1 is 1.19 bits per heavy atom. The SMILES string of the molecule is Cn1cnc2ncn(Cc3nc([C@@H]4C5C=C(c6ccc(C(F)F)cc6)CC54)no3)c(=O)c21. The van der Waals surface area contributed by atoms with Gasteiger partial charge in [-0.15, -0.1) is 0 Å². The molecule has 1 fully saturated rings. The van der Waals surface area contributed by atoms with Crippen molar-refractivity contribution < 1.29 is 13.3 Å². The van der Waals surface area contributed by atoms with Crippen molar-refractivity contribution in [2.24, 2.45) is 18.9 Å². The number of nitrogens with zero attached hydrogens (tertiary/aromatic N) is 6. The number of allylic oxidation sites excluding steroid dienone is 2. The Bertz CT molecular complexity index is 1420. The smallest absolute Gasteiger partial charge is 0.280 e. The highest BCUT2D eigenvalue weighted by Crippen LogP contribution is 2.62. The Kier molecular flexibility index (Phi) is 4.11. The molecule has 1 aromatic carbocycles. The molecule has 10 heteroatoms. The summed E-state index contributed by atoms with van der Waals surface area (Å²) in [5, 5.41) is 4.13. The highest BCUT2D eigenvalue weighted by Gasteiger charge is 2.55. The van der Waals surface area contributed by atoms with Gasteiger partial charge in [-0.2, -0.15) is 4.98 Å². The third-order valence-electron chi connectivity index (χ3n) is 6.40. The average molecular weight is 436 g/mol. The molecule has 0 bridgehead atoms. The summed E-state index contributed by atoms with van der Waals surface area (Å²) in [7, 11) is 1.74. The van der Waals surface area contributed by atoms with Crippen LogP contribution in [0, 0.1) is 11.8 Å². The van der Waals surface area contributed by atoms with Crippen molar-refractivity contribution in [3.63, 3.8) is 0 Å². The van der Waals surface area contributed by atoms with Crippen molar-refractivity contribution in [3.05, 3.63) is 76.2 Å². The number of hydrogen-bond donors (Lipinski definition) is 0. The molecule has 6 rings (SSSR count). The Hall–Kier alpha value is -3.69. The molecule has 162 valence electrons. The summed E-state index contributed by atoms with van der Waals surface area (Å²) in [5.41, 5.74) is 2.78. The second kappa shape index (κ2) is 6.91. The van der Waals surface area contributed by atoms with Crippen LogP contribution in [0.1, 0.15) is 41.6 Å². The largest absolute Gasteiger partial charge is 0.337 e. The fraction of sp³-hybridized carbons (Fsp3) is 0.318. The van der Waals surface area contributed by atoms with Crippen LogP contribution < -0.4 is 5.56 Å². The lowest BCUT2D eigenvalue weighted by molar-refractivity contribution is 0.151. The monoisotopic (exact) mass is 436 g/mol. The molecule has 0 aliphatic heterocycles. The van der Waals surface area contributed by atoms with E-state index in [0.29, 0.717) is 34.7 Å². The van der Waals surface area contributed by atoms with Crippen molar-refractivity contribution in [3.8, 4) is 0 Å². The van der Waals surface area contributed by atoms with Gasteiger partial charge in [0, 0.05) is 18.5 Å². The van der Waals surface area contributed by atoms with Gasteiger partial charge in [-0.25, -0.2) is 18.7 Å². The quantitative estimate of drug-likeness (QED) is 0.477. The molecule has 1 saturated carbocycles. The maximum atomic E-state index is 12.8. The summed E-state index contributed by atoms with van der Waals surface area (Å²) in [6, 6.07) is 6.47. The van der Waals surface area contributed by atoms with Crippen molar-refractivity contribution in [1.29, 1.82) is 0 Å². The molecule has 3 atom stereocenters. The molecular formula is C22H18F2N6O2. The van der Waals surface area contributed by atoms with Crippen LogP contribution >= 0.6 is 0 Å². The highest BCUT2D eigenvalue weighted by atomic mass is 19.3. The highest BCUT2D eigenvalue weighted by molar-refractivity contribution is 5.71. The number of benzene rings is 1. The number of aryl methyl sites for hydroxylation is 1. The Morgan fingerprint density at radius 2 is 1.97 bits per heavy atom. The van der Waals surface area contributed by atoms with Crippen LogP contribution in [0.5, 0.6) is 0 Å². The minimum atomic E-state index is -2.45. The topological polar surface area (TPSA) is 91.6 Å². The van der Waals surface area contributed by atoms with Crippen molar-refractivity contribution >= 4 is 16.7 Å². The molecule has 2 aliphatic rings. The molecule has 8 nitrogen and oxygen atoms in total. The van der Waals surface area contributed by atoms with Gasteiger partial charge < -0.3 is 9.09 Å². The fourth-order valence-electron chi connectivity index (χ4n) is 4.66. The minimum Gasteiger partial charge on any atom is -0.337 e. The van der Waals surface area contributed by atoms with Gasteiger partial charge in [0.1, 0.15) is 12.9 Å². The summed E-state index contributed by atoms with van der Waals surface area (Å²) in [6.45, 7) is 0.138. The second-order valence-corrected chi connectivity index (χ2v) is 8.34. The van der Waals surface area contributed by atoms with Gasteiger partial charge in [0.25, 0.3) is 12.0 Å². The Morgan fingerprint density at radius 3 is 2.69 bits per heavy atom. The van der Waals surface area contributed by atoms with Gasteiger partial charge in [0.2, 0.25) is 5.89 Å². The van der Waals surface area contributed by atoms with E-state index in [9.17, 15) is 13.6 Å². The van der Waals surface area contributed by atoms with Crippen LogP contribution in [0.15, 0.2) is 52.3 Å². The number of fused-ring (bicyclic) bond motifs is 2. The number of rotatable bonds is 5. The summed E-state index contributed by atoms with van der Waals surface area (Å²) in [6.07, 6.45) is 3.57. The molecule has 2 aliphatic carbocycles. The van der Waals surface area contributed by atoms with Crippen molar-refractivity contribution in [2.75, 3.05) is 0 Å². The van der Waals surface area contributed by atoms with Gasteiger partial charge >= 0.3 is 0 Å². The van der Waals surface area contributed by atoms with Gasteiger partial charge in [-0.05, 0) is 29.4 Å². The van der Waals surface area contributed by atoms with Crippen LogP contribution in [0.25, 0.3) is 16.7 Å². The van der Waals surface area contributed by atoms with Crippen molar-refractivity contribution in [2.45, 2.75) is 25.3 Å². The molecule has 0 amide bonds. The first-order valence-corrected chi connectivity index (χ1v) is 10.3. The average Bonchev–Trinajstić information content (AvgIpc) is 3.21. The zero-order valence-corrected chi connectivity index (χ0v) is 17.0. The number of alkyl halides is 2. The standard InChI is InChI=1S/C22H18F2N6O2/c1-29-9-25-21-18(29)22(31)30(10-26-21)8-16-27-20(28-32-16)17-14-6-13(7-15(14)17)11-2-4-12(5-3-11)19(23)24/h2-6,9-10,14-15,17,19H,7-8H2,1H3/t14?,15?,17-/m1/s1. The molecular weight excluding hydrogens is 418 g/mol. The van der Waals surface area contributed by atoms with E-state index in [1.807, 2.05) is 0 Å². The summed E-state index contributed by atoms with van der Waals surface area (Å²) < 4.78 is 34.0. The summed E-state index contributed by atoms with van der Waals surface area (Å²) >= 11 is 0.